The number of likely N-dealkylation sites (tertiary alicyclic amines) is 2. The van der Waals surface area contributed by atoms with E-state index in [2.05, 4.69) is 65.7 Å². The predicted octanol–water partition coefficient (Wildman–Crippen LogP) is 9.26. The van der Waals surface area contributed by atoms with Gasteiger partial charge in [-0.15, -0.1) is 10.2 Å². The van der Waals surface area contributed by atoms with Gasteiger partial charge in [0.2, 0.25) is 0 Å². The summed E-state index contributed by atoms with van der Waals surface area (Å²) in [5.74, 6) is 2.24. The Morgan fingerprint density at radius 1 is 0.836 bits per heavy atom. The van der Waals surface area contributed by atoms with Crippen LogP contribution >= 0.6 is 11.3 Å². The number of thiazole rings is 1. The summed E-state index contributed by atoms with van der Waals surface area (Å²) in [7, 11) is 0. The molecule has 13 heteroatoms. The van der Waals surface area contributed by atoms with E-state index in [1.807, 2.05) is 29.3 Å². The molecule has 3 unspecified atom stereocenters. The van der Waals surface area contributed by atoms with Crippen LogP contribution in [0.2, 0.25) is 0 Å². The molecule has 1 aromatic carbocycles. The van der Waals surface area contributed by atoms with E-state index in [9.17, 15) is 4.79 Å². The van der Waals surface area contributed by atoms with Crippen molar-refractivity contribution in [3.8, 4) is 11.1 Å². The number of fused-ring (bicyclic) bond motifs is 2. The molecule has 4 bridgehead atoms. The van der Waals surface area contributed by atoms with Crippen molar-refractivity contribution in [3.05, 3.63) is 65.1 Å². The second kappa shape index (κ2) is 14.8. The van der Waals surface area contributed by atoms with Gasteiger partial charge in [-0.1, -0.05) is 37.3 Å². The Balaban J connectivity index is 0.888. The lowest BCUT2D eigenvalue weighted by atomic mass is 9.39. The number of carbonyl (C=O) groups excluding carboxylic acids is 1. The lowest BCUT2D eigenvalue weighted by Crippen LogP contribution is -2.64. The van der Waals surface area contributed by atoms with Crippen LogP contribution in [0.3, 0.4) is 0 Å². The van der Waals surface area contributed by atoms with E-state index >= 15 is 0 Å². The van der Waals surface area contributed by atoms with Crippen LogP contribution < -0.4 is 10.2 Å². The second-order valence-corrected chi connectivity index (χ2v) is 21.5. The summed E-state index contributed by atoms with van der Waals surface area (Å²) >= 11 is 1.61. The van der Waals surface area contributed by atoms with Gasteiger partial charge in [0.25, 0.3) is 5.91 Å². The predicted molar refractivity (Wildman–Crippen MR) is 241 cm³/mol. The summed E-state index contributed by atoms with van der Waals surface area (Å²) in [5, 5.41) is 18.9. The molecule has 6 fully saturated rings. The highest BCUT2D eigenvalue weighted by molar-refractivity contribution is 7.22. The van der Waals surface area contributed by atoms with Gasteiger partial charge in [-0.05, 0) is 144 Å². The van der Waals surface area contributed by atoms with Crippen LogP contribution in [-0.2, 0) is 17.7 Å². The van der Waals surface area contributed by atoms with Gasteiger partial charge < -0.3 is 24.8 Å². The Morgan fingerprint density at radius 2 is 1.61 bits per heavy atom. The minimum atomic E-state index is -0.0542. The summed E-state index contributed by atoms with van der Waals surface area (Å²) < 4.78 is 10.5. The molecule has 1 amide bonds. The van der Waals surface area contributed by atoms with Crippen LogP contribution in [0.25, 0.3) is 21.3 Å². The van der Waals surface area contributed by atoms with Gasteiger partial charge in [-0.25, -0.2) is 9.97 Å². The zero-order valence-electron chi connectivity index (χ0n) is 36.4. The maximum atomic E-state index is 14.5. The number of benzene rings is 1. The first-order valence-corrected chi connectivity index (χ1v) is 23.8. The van der Waals surface area contributed by atoms with E-state index in [1.165, 1.54) is 58.0 Å². The van der Waals surface area contributed by atoms with E-state index in [0.29, 0.717) is 5.69 Å². The number of ether oxygens (including phenoxy) is 1. The maximum absolute atomic E-state index is 14.5. The lowest BCUT2D eigenvalue weighted by molar-refractivity contribution is -0.248. The van der Waals surface area contributed by atoms with Crippen LogP contribution in [0.15, 0.2) is 42.6 Å². The van der Waals surface area contributed by atoms with Crippen molar-refractivity contribution in [2.24, 2.45) is 16.2 Å². The Bertz CT molecular complexity index is 2450. The van der Waals surface area contributed by atoms with Gasteiger partial charge in [-0.2, -0.15) is 5.10 Å². The molecular formula is C48H60N10O2S. The van der Waals surface area contributed by atoms with Crippen LogP contribution in [0.1, 0.15) is 112 Å². The zero-order chi connectivity index (χ0) is 41.6. The minimum Gasteiger partial charge on any atom is -0.374 e. The molecule has 7 aliphatic rings. The van der Waals surface area contributed by atoms with Crippen molar-refractivity contribution < 1.29 is 9.53 Å². The van der Waals surface area contributed by atoms with Gasteiger partial charge in [0.05, 0.1) is 28.6 Å². The zero-order valence-corrected chi connectivity index (χ0v) is 37.2. The molecule has 12 nitrogen and oxygen atoms in total. The second-order valence-electron chi connectivity index (χ2n) is 20.5. The summed E-state index contributed by atoms with van der Waals surface area (Å²) in [6.45, 7) is 16.8. The molecule has 4 atom stereocenters. The molecule has 12 rings (SSSR count). The third-order valence-corrected chi connectivity index (χ3v) is 16.2. The van der Waals surface area contributed by atoms with Gasteiger partial charge in [-0.3, -0.25) is 9.48 Å². The fourth-order valence-corrected chi connectivity index (χ4v) is 14.6. The number of carbonyl (C=O) groups is 1. The number of hydrogen-bond donors (Lipinski definition) is 1. The Labute approximate surface area is 363 Å². The van der Waals surface area contributed by atoms with Gasteiger partial charge in [0, 0.05) is 60.7 Å². The Hall–Kier alpha value is -4.46. The number of para-hydroxylation sites is 1. The minimum absolute atomic E-state index is 0.00802. The van der Waals surface area contributed by atoms with Gasteiger partial charge in [0.15, 0.2) is 16.8 Å². The summed E-state index contributed by atoms with van der Waals surface area (Å²) in [4.78, 5) is 31.3. The molecule has 61 heavy (non-hydrogen) atoms. The summed E-state index contributed by atoms with van der Waals surface area (Å²) in [6, 6.07) is 12.3. The van der Waals surface area contributed by atoms with Gasteiger partial charge in [0.1, 0.15) is 11.5 Å². The molecule has 4 aromatic heterocycles. The number of hydrogen-bond acceptors (Lipinski definition) is 11. The number of nitrogens with one attached hydrogen (secondary N) is 1. The number of pyridine rings is 1. The van der Waals surface area contributed by atoms with Crippen molar-refractivity contribution in [2.75, 3.05) is 56.1 Å². The first-order chi connectivity index (χ1) is 29.5. The number of aromatic nitrogens is 6. The molecule has 0 radical (unpaired) electrons. The van der Waals surface area contributed by atoms with Crippen LogP contribution in [-0.4, -0.2) is 97.1 Å². The highest BCUT2D eigenvalue weighted by atomic mass is 32.1. The average molecular weight is 841 g/mol. The quantitative estimate of drug-likeness (QED) is 0.138. The normalized spacial score (nSPS) is 28.3. The molecule has 4 aliphatic carbocycles. The molecule has 1 N–H and O–H groups in total. The van der Waals surface area contributed by atoms with Crippen LogP contribution in [0.5, 0.6) is 0 Å². The molecular weight excluding hydrogens is 781 g/mol. The Morgan fingerprint density at radius 3 is 2.39 bits per heavy atom. The molecule has 7 heterocycles. The van der Waals surface area contributed by atoms with Crippen molar-refractivity contribution in [1.29, 1.82) is 0 Å². The number of amides is 1. The number of anilines is 4. The van der Waals surface area contributed by atoms with E-state index < -0.39 is 0 Å². The van der Waals surface area contributed by atoms with E-state index in [-0.39, 0.29) is 27.8 Å². The molecule has 0 spiro atoms. The first-order valence-electron chi connectivity index (χ1n) is 22.9. The first kappa shape index (κ1) is 39.4. The topological polar surface area (TPSA) is 117 Å². The van der Waals surface area contributed by atoms with Crippen molar-refractivity contribution >= 4 is 50.0 Å². The third kappa shape index (κ3) is 7.12. The fourth-order valence-electron chi connectivity index (χ4n) is 13.7. The third-order valence-electron chi connectivity index (χ3n) is 15.2. The molecule has 2 saturated heterocycles. The number of nitrogens with zero attached hydrogens (tertiary/aromatic N) is 9. The molecule has 3 aliphatic heterocycles. The highest BCUT2D eigenvalue weighted by Crippen LogP contribution is 2.72. The molecule has 5 aromatic rings. The SMILES string of the molecule is Cc1c(Nc2nc3ccccc3s2)nnc2c1CCCN2c1ccc(-c2cnn(CC34CC5(C)CC(OCCN6CCCC6)(C3)C[C@@](C)(C5)C4)c2C)c(C(=O)N2CCCC2)n1. The average Bonchev–Trinajstić information content (AvgIpc) is 4.06. The van der Waals surface area contributed by atoms with Crippen molar-refractivity contribution in [3.63, 3.8) is 0 Å². The molecule has 4 saturated carbocycles. The standard InChI is InChI=1S/C48H60N10O2S/c1-32-34-12-11-21-57(42(34)54-53-41(32)52-44-50-37-13-5-6-14-38(37)61-44)39-16-15-35(40(51-39)43(59)56-19-9-10-20-56)36-24-49-58(33(36)2)31-47-26-45(3)25-46(4,27-47)29-48(28-45,30-47)60-23-22-55-17-7-8-18-55/h5-6,13-16,24H,7-12,17-23,25-31H2,1-4H3,(H,50,52,53)/t45-,46?,47?,48?/m0/s1. The smallest absolute Gasteiger partial charge is 0.273 e. The molecule has 320 valence electrons. The largest absolute Gasteiger partial charge is 0.374 e. The van der Waals surface area contributed by atoms with Crippen molar-refractivity contribution in [1.82, 2.24) is 39.7 Å². The van der Waals surface area contributed by atoms with Gasteiger partial charge >= 0.3 is 0 Å². The van der Waals surface area contributed by atoms with E-state index in [4.69, 9.17) is 30.0 Å². The highest BCUT2D eigenvalue weighted by Gasteiger charge is 2.66. The lowest BCUT2D eigenvalue weighted by Gasteiger charge is -2.69. The van der Waals surface area contributed by atoms with E-state index in [1.54, 1.807) is 11.3 Å². The summed E-state index contributed by atoms with van der Waals surface area (Å²) in [6.07, 6.45) is 15.7. The summed E-state index contributed by atoms with van der Waals surface area (Å²) in [5.41, 5.74) is 7.23. The van der Waals surface area contributed by atoms with E-state index in [0.717, 1.165) is 132 Å². The fraction of sp³-hybridized carbons (Fsp3) is 0.583. The monoisotopic (exact) mass is 840 g/mol. The Kier molecular flexibility index (Phi) is 9.58. The van der Waals surface area contributed by atoms with Crippen molar-refractivity contribution in [2.45, 2.75) is 117 Å². The maximum Gasteiger partial charge on any atom is 0.273 e. The van der Waals surface area contributed by atoms with Crippen LogP contribution in [0.4, 0.5) is 22.6 Å². The number of rotatable bonds is 11. The van der Waals surface area contributed by atoms with Crippen LogP contribution in [0, 0.1) is 30.1 Å².